The van der Waals surface area contributed by atoms with Crippen LogP contribution in [0, 0.1) is 13.8 Å². The zero-order chi connectivity index (χ0) is 11.4. The van der Waals surface area contributed by atoms with Gasteiger partial charge in [-0.05, 0) is 37.1 Å². The van der Waals surface area contributed by atoms with Crippen LogP contribution in [0.15, 0.2) is 12.1 Å². The van der Waals surface area contributed by atoms with E-state index in [2.05, 4.69) is 0 Å². The molecule has 0 radical (unpaired) electrons. The summed E-state index contributed by atoms with van der Waals surface area (Å²) in [4.78, 5) is 10.3. The highest BCUT2D eigenvalue weighted by Crippen LogP contribution is 2.24. The molecule has 0 aliphatic rings. The zero-order valence-electron chi connectivity index (χ0n) is 8.91. The number of hydrogen-bond acceptors (Lipinski definition) is 3. The monoisotopic (exact) mass is 209 g/mol. The summed E-state index contributed by atoms with van der Waals surface area (Å²) in [5, 5.41) is 8.46. The third-order valence-electron chi connectivity index (χ3n) is 2.14. The number of anilines is 1. The maximum absolute atomic E-state index is 10.3. The van der Waals surface area contributed by atoms with Crippen LogP contribution in [0.1, 0.15) is 17.5 Å². The van der Waals surface area contributed by atoms with Crippen LogP contribution in [-0.4, -0.2) is 17.7 Å². The fraction of sp³-hybridized carbons (Fsp3) is 0.364. The Hall–Kier alpha value is -1.71. The Kier molecular flexibility index (Phi) is 3.55. The second-order valence-corrected chi connectivity index (χ2v) is 3.47. The number of nitrogens with two attached hydrogens (primary N) is 1. The van der Waals surface area contributed by atoms with E-state index >= 15 is 0 Å². The average molecular weight is 209 g/mol. The molecule has 1 aromatic carbocycles. The molecule has 0 bridgehead atoms. The molecule has 82 valence electrons. The molecule has 4 nitrogen and oxygen atoms in total. The first-order chi connectivity index (χ1) is 7.00. The summed E-state index contributed by atoms with van der Waals surface area (Å²) in [6.07, 6.45) is 0.00284. The largest absolute Gasteiger partial charge is 0.493 e. The first kappa shape index (κ1) is 11.4. The molecule has 1 rings (SSSR count). The zero-order valence-corrected chi connectivity index (χ0v) is 8.91. The van der Waals surface area contributed by atoms with Crippen LogP contribution in [-0.2, 0) is 4.79 Å². The lowest BCUT2D eigenvalue weighted by molar-refractivity contribution is -0.137. The number of ether oxygens (including phenoxy) is 1. The minimum absolute atomic E-state index is 0.00284. The molecular weight excluding hydrogens is 194 g/mol. The summed E-state index contributed by atoms with van der Waals surface area (Å²) in [5.74, 6) is -0.164. The fourth-order valence-electron chi connectivity index (χ4n) is 1.22. The molecule has 0 amide bonds. The van der Waals surface area contributed by atoms with Crippen LogP contribution in [0.4, 0.5) is 5.69 Å². The van der Waals surface area contributed by atoms with Gasteiger partial charge in [0.05, 0.1) is 13.0 Å². The van der Waals surface area contributed by atoms with Gasteiger partial charge in [-0.2, -0.15) is 0 Å². The van der Waals surface area contributed by atoms with Gasteiger partial charge in [-0.1, -0.05) is 0 Å². The number of carbonyl (C=O) groups is 1. The Morgan fingerprint density at radius 2 is 2.07 bits per heavy atom. The first-order valence-electron chi connectivity index (χ1n) is 4.72. The third-order valence-corrected chi connectivity index (χ3v) is 2.14. The molecule has 1 aromatic rings. The molecule has 15 heavy (non-hydrogen) atoms. The molecule has 0 unspecified atom stereocenters. The number of aryl methyl sites for hydroxylation is 2. The van der Waals surface area contributed by atoms with E-state index in [0.717, 1.165) is 16.8 Å². The number of hydrogen-bond donors (Lipinski definition) is 2. The second-order valence-electron chi connectivity index (χ2n) is 3.47. The molecule has 0 fully saturated rings. The van der Waals surface area contributed by atoms with Gasteiger partial charge >= 0.3 is 5.97 Å². The highest BCUT2D eigenvalue weighted by Gasteiger charge is 2.04. The van der Waals surface area contributed by atoms with Crippen molar-refractivity contribution >= 4 is 11.7 Å². The molecule has 0 saturated heterocycles. The molecule has 0 spiro atoms. The highest BCUT2D eigenvalue weighted by molar-refractivity contribution is 5.66. The van der Waals surface area contributed by atoms with Crippen molar-refractivity contribution in [3.05, 3.63) is 23.3 Å². The number of rotatable bonds is 4. The van der Waals surface area contributed by atoms with Crippen LogP contribution >= 0.6 is 0 Å². The summed E-state index contributed by atoms with van der Waals surface area (Å²) in [6.45, 7) is 3.95. The van der Waals surface area contributed by atoms with Crippen molar-refractivity contribution in [2.75, 3.05) is 12.3 Å². The van der Waals surface area contributed by atoms with Gasteiger partial charge in [-0.15, -0.1) is 0 Å². The maximum atomic E-state index is 10.3. The Bertz CT molecular complexity index is 374. The number of benzene rings is 1. The maximum Gasteiger partial charge on any atom is 0.306 e. The molecule has 0 aliphatic carbocycles. The number of nitrogen functional groups attached to an aromatic ring is 1. The second kappa shape index (κ2) is 4.68. The number of aliphatic carboxylic acids is 1. The Labute approximate surface area is 88.7 Å². The lowest BCUT2D eigenvalue weighted by Crippen LogP contribution is -2.06. The van der Waals surface area contributed by atoms with Gasteiger partial charge in [-0.3, -0.25) is 4.79 Å². The third kappa shape index (κ3) is 3.16. The fourth-order valence-corrected chi connectivity index (χ4v) is 1.22. The van der Waals surface area contributed by atoms with Crippen molar-refractivity contribution in [3.8, 4) is 5.75 Å². The Balaban J connectivity index is 2.69. The van der Waals surface area contributed by atoms with Crippen LogP contribution < -0.4 is 10.5 Å². The molecule has 3 N–H and O–H groups in total. The van der Waals surface area contributed by atoms with Gasteiger partial charge in [-0.25, -0.2) is 0 Å². The van der Waals surface area contributed by atoms with Crippen molar-refractivity contribution < 1.29 is 14.6 Å². The van der Waals surface area contributed by atoms with Gasteiger partial charge in [0.15, 0.2) is 0 Å². The Morgan fingerprint density at radius 1 is 1.40 bits per heavy atom. The number of carboxylic acid groups (broad SMARTS) is 1. The number of carboxylic acids is 1. The summed E-state index contributed by atoms with van der Waals surface area (Å²) < 4.78 is 5.35. The normalized spacial score (nSPS) is 10.0. The van der Waals surface area contributed by atoms with Gasteiger partial charge < -0.3 is 15.6 Å². The van der Waals surface area contributed by atoms with E-state index in [1.54, 1.807) is 0 Å². The summed E-state index contributed by atoms with van der Waals surface area (Å²) >= 11 is 0. The van der Waals surface area contributed by atoms with Crippen LogP contribution in [0.3, 0.4) is 0 Å². The van der Waals surface area contributed by atoms with E-state index in [4.69, 9.17) is 15.6 Å². The highest BCUT2D eigenvalue weighted by atomic mass is 16.5. The van der Waals surface area contributed by atoms with E-state index in [1.165, 1.54) is 0 Å². The molecule has 0 aliphatic heterocycles. The van der Waals surface area contributed by atoms with E-state index in [0.29, 0.717) is 5.75 Å². The average Bonchev–Trinajstić information content (AvgIpc) is 2.13. The van der Waals surface area contributed by atoms with Crippen molar-refractivity contribution in [1.29, 1.82) is 0 Å². The molecule has 0 heterocycles. The van der Waals surface area contributed by atoms with Crippen molar-refractivity contribution in [2.24, 2.45) is 0 Å². The van der Waals surface area contributed by atoms with Gasteiger partial charge in [0, 0.05) is 5.69 Å². The lowest BCUT2D eigenvalue weighted by atomic mass is 10.1. The van der Waals surface area contributed by atoms with Gasteiger partial charge in [0.25, 0.3) is 0 Å². The Morgan fingerprint density at radius 3 is 2.67 bits per heavy atom. The minimum Gasteiger partial charge on any atom is -0.493 e. The lowest BCUT2D eigenvalue weighted by Gasteiger charge is -2.10. The summed E-state index contributed by atoms with van der Waals surface area (Å²) in [6, 6.07) is 3.65. The van der Waals surface area contributed by atoms with Gasteiger partial charge in [0.1, 0.15) is 5.75 Å². The molecule has 4 heteroatoms. The first-order valence-corrected chi connectivity index (χ1v) is 4.72. The smallest absolute Gasteiger partial charge is 0.306 e. The van der Waals surface area contributed by atoms with Crippen LogP contribution in [0.25, 0.3) is 0 Å². The molecule has 0 aromatic heterocycles. The van der Waals surface area contributed by atoms with E-state index in [-0.39, 0.29) is 13.0 Å². The van der Waals surface area contributed by atoms with Crippen LogP contribution in [0.5, 0.6) is 5.75 Å². The molecule has 0 atom stereocenters. The van der Waals surface area contributed by atoms with Crippen molar-refractivity contribution in [2.45, 2.75) is 20.3 Å². The van der Waals surface area contributed by atoms with Crippen LogP contribution in [0.2, 0.25) is 0 Å². The van der Waals surface area contributed by atoms with E-state index < -0.39 is 5.97 Å². The molecule has 0 saturated carbocycles. The predicted octanol–water partition coefficient (Wildman–Crippen LogP) is 1.74. The summed E-state index contributed by atoms with van der Waals surface area (Å²) in [5.41, 5.74) is 8.29. The standard InChI is InChI=1S/C11H15NO3/c1-7-6-10(8(2)5-9(7)12)15-4-3-11(13)14/h5-6H,3-4,12H2,1-2H3,(H,13,14). The quantitative estimate of drug-likeness (QED) is 0.741. The predicted molar refractivity (Wildman–Crippen MR) is 58.1 cm³/mol. The topological polar surface area (TPSA) is 72.5 Å². The van der Waals surface area contributed by atoms with Crippen molar-refractivity contribution in [1.82, 2.24) is 0 Å². The SMILES string of the molecule is Cc1cc(OCCC(=O)O)c(C)cc1N. The molecular formula is C11H15NO3. The van der Waals surface area contributed by atoms with E-state index in [1.807, 2.05) is 26.0 Å². The minimum atomic E-state index is -0.861. The van der Waals surface area contributed by atoms with Crippen molar-refractivity contribution in [3.63, 3.8) is 0 Å². The van der Waals surface area contributed by atoms with Gasteiger partial charge in [0.2, 0.25) is 0 Å². The summed E-state index contributed by atoms with van der Waals surface area (Å²) in [7, 11) is 0. The van der Waals surface area contributed by atoms with E-state index in [9.17, 15) is 4.79 Å².